The molecule has 2 aliphatic rings. The third kappa shape index (κ3) is 5.44. The summed E-state index contributed by atoms with van der Waals surface area (Å²) in [6.45, 7) is 6.43. The molecule has 0 spiro atoms. The van der Waals surface area contributed by atoms with Crippen LogP contribution in [0.1, 0.15) is 54.7 Å². The third-order valence-corrected chi connectivity index (χ3v) is 7.21. The quantitative estimate of drug-likeness (QED) is 0.658. The average Bonchev–Trinajstić information content (AvgIpc) is 2.82. The van der Waals surface area contributed by atoms with E-state index in [9.17, 15) is 9.59 Å². The molecule has 0 saturated carbocycles. The van der Waals surface area contributed by atoms with Crippen molar-refractivity contribution in [2.75, 3.05) is 32.8 Å². The van der Waals surface area contributed by atoms with E-state index in [0.29, 0.717) is 44.3 Å². The molecule has 1 aromatic heterocycles. The first kappa shape index (κ1) is 26.6. The number of nitrogens with two attached hydrogens (primary N) is 1. The van der Waals surface area contributed by atoms with Crippen LogP contribution in [0.15, 0.2) is 18.2 Å². The molecule has 2 atom stereocenters. The molecule has 9 heteroatoms. The lowest BCUT2D eigenvalue weighted by molar-refractivity contribution is 0.0414. The van der Waals surface area contributed by atoms with Gasteiger partial charge in [0.25, 0.3) is 5.91 Å². The van der Waals surface area contributed by atoms with Crippen LogP contribution in [0.3, 0.4) is 0 Å². The van der Waals surface area contributed by atoms with Crippen molar-refractivity contribution in [3.05, 3.63) is 40.0 Å². The van der Waals surface area contributed by atoms with Gasteiger partial charge < -0.3 is 20.3 Å². The lowest BCUT2D eigenvalue weighted by atomic mass is 9.84. The molecule has 1 unspecified atom stereocenters. The smallest absolute Gasteiger partial charge is 0.409 e. The van der Waals surface area contributed by atoms with Gasteiger partial charge in [0.2, 0.25) is 0 Å². The minimum Gasteiger partial charge on any atom is -0.449 e. The van der Waals surface area contributed by atoms with Gasteiger partial charge in [-0.05, 0) is 69.2 Å². The molecule has 1 saturated heterocycles. The Kier molecular flexibility index (Phi) is 9.07. The maximum Gasteiger partial charge on any atom is 0.409 e. The molecule has 7 nitrogen and oxygen atoms in total. The lowest BCUT2D eigenvalue weighted by Crippen LogP contribution is -2.55. The number of benzene rings is 1. The molecular weight excluding hydrogens is 472 g/mol. The Morgan fingerprint density at radius 2 is 2.09 bits per heavy atom. The zero-order valence-corrected chi connectivity index (χ0v) is 21.7. The van der Waals surface area contributed by atoms with E-state index in [0.717, 1.165) is 59.3 Å². The number of carbonyl (C=O) groups is 2. The largest absolute Gasteiger partial charge is 0.449 e. The summed E-state index contributed by atoms with van der Waals surface area (Å²) in [5.74, 6) is 0.504. The fourth-order valence-electron chi connectivity index (χ4n) is 4.94. The van der Waals surface area contributed by atoms with Crippen LogP contribution in [0.2, 0.25) is 5.02 Å². The second kappa shape index (κ2) is 11.6. The number of fused-ring (bicyclic) bond motifs is 2. The number of carbonyl (C=O) groups excluding carboxylic acids is 2. The van der Waals surface area contributed by atoms with E-state index < -0.39 is 0 Å². The van der Waals surface area contributed by atoms with E-state index >= 15 is 0 Å². The lowest BCUT2D eigenvalue weighted by Gasteiger charge is -2.39. The van der Waals surface area contributed by atoms with Crippen molar-refractivity contribution in [1.29, 1.82) is 0 Å². The van der Waals surface area contributed by atoms with Crippen LogP contribution in [0.5, 0.6) is 0 Å². The normalized spacial score (nSPS) is 20.0. The summed E-state index contributed by atoms with van der Waals surface area (Å²) in [7, 11) is 0. The molecule has 1 aliphatic heterocycles. The van der Waals surface area contributed by atoms with Crippen LogP contribution in [-0.4, -0.2) is 65.6 Å². The van der Waals surface area contributed by atoms with Crippen LogP contribution in [0, 0.1) is 5.92 Å². The SMILES string of the molecule is CCCOC(=O)N1CCN(C(=O)c2ccc3c(Cl)c4c(nc3c2)CCC(CCN)C4)[C@@H](C)C1.S. The molecule has 34 heavy (non-hydrogen) atoms. The van der Waals surface area contributed by atoms with Gasteiger partial charge in [0.05, 0.1) is 17.1 Å². The Morgan fingerprint density at radius 1 is 1.29 bits per heavy atom. The number of ether oxygens (including phenoxy) is 1. The summed E-state index contributed by atoms with van der Waals surface area (Å²) in [5, 5.41) is 1.64. The Morgan fingerprint density at radius 3 is 2.79 bits per heavy atom. The third-order valence-electron chi connectivity index (χ3n) is 6.78. The summed E-state index contributed by atoms with van der Waals surface area (Å²) in [4.78, 5) is 33.9. The van der Waals surface area contributed by atoms with E-state index in [1.807, 2.05) is 36.9 Å². The number of piperazine rings is 1. The number of aryl methyl sites for hydroxylation is 1. The number of amides is 2. The Labute approximate surface area is 213 Å². The van der Waals surface area contributed by atoms with Crippen molar-refractivity contribution in [2.45, 2.75) is 52.0 Å². The number of nitrogens with zero attached hydrogens (tertiary/aromatic N) is 3. The van der Waals surface area contributed by atoms with Gasteiger partial charge in [-0.2, -0.15) is 13.5 Å². The second-order valence-corrected chi connectivity index (χ2v) is 9.56. The van der Waals surface area contributed by atoms with Gasteiger partial charge in [-0.1, -0.05) is 24.6 Å². The highest BCUT2D eigenvalue weighted by Crippen LogP contribution is 2.36. The van der Waals surface area contributed by atoms with E-state index in [2.05, 4.69) is 0 Å². The Hall–Kier alpha value is -2.03. The van der Waals surface area contributed by atoms with E-state index in [4.69, 9.17) is 27.1 Å². The summed E-state index contributed by atoms with van der Waals surface area (Å²) < 4.78 is 5.24. The van der Waals surface area contributed by atoms with Gasteiger partial charge in [0.15, 0.2) is 0 Å². The molecule has 2 amide bonds. The molecular formula is C25H35ClN4O3S. The van der Waals surface area contributed by atoms with Crippen LogP contribution in [0.25, 0.3) is 10.9 Å². The number of halogens is 1. The maximum absolute atomic E-state index is 13.3. The van der Waals surface area contributed by atoms with Crippen molar-refractivity contribution in [3.8, 4) is 0 Å². The molecule has 2 N–H and O–H groups in total. The summed E-state index contributed by atoms with van der Waals surface area (Å²) in [6.07, 6.45) is 4.36. The summed E-state index contributed by atoms with van der Waals surface area (Å²) in [5.41, 5.74) is 9.28. The number of aromatic nitrogens is 1. The first-order valence-corrected chi connectivity index (χ1v) is 12.3. The molecule has 2 aromatic rings. The van der Waals surface area contributed by atoms with Crippen LogP contribution >= 0.6 is 25.1 Å². The monoisotopic (exact) mass is 506 g/mol. The van der Waals surface area contributed by atoms with Gasteiger partial charge in [0, 0.05) is 42.3 Å². The van der Waals surface area contributed by atoms with Crippen LogP contribution in [0.4, 0.5) is 4.79 Å². The number of hydrogen-bond donors (Lipinski definition) is 1. The first-order valence-electron chi connectivity index (χ1n) is 12.0. The van der Waals surface area contributed by atoms with Crippen molar-refractivity contribution >= 4 is 48.0 Å². The van der Waals surface area contributed by atoms with Gasteiger partial charge in [-0.15, -0.1) is 0 Å². The zero-order valence-electron chi connectivity index (χ0n) is 20.0. The van der Waals surface area contributed by atoms with Gasteiger partial charge in [-0.3, -0.25) is 9.78 Å². The Bertz CT molecular complexity index is 1050. The second-order valence-electron chi connectivity index (χ2n) is 9.18. The zero-order chi connectivity index (χ0) is 23.5. The van der Waals surface area contributed by atoms with E-state index in [-0.39, 0.29) is 31.5 Å². The van der Waals surface area contributed by atoms with Gasteiger partial charge >= 0.3 is 6.09 Å². The molecule has 0 bridgehead atoms. The molecule has 186 valence electrons. The average molecular weight is 507 g/mol. The molecule has 2 heterocycles. The maximum atomic E-state index is 13.3. The van der Waals surface area contributed by atoms with Crippen molar-refractivity contribution in [2.24, 2.45) is 11.7 Å². The summed E-state index contributed by atoms with van der Waals surface area (Å²) >= 11 is 6.79. The summed E-state index contributed by atoms with van der Waals surface area (Å²) in [6, 6.07) is 5.49. The topological polar surface area (TPSA) is 88.8 Å². The predicted molar refractivity (Wildman–Crippen MR) is 140 cm³/mol. The molecule has 1 aromatic carbocycles. The van der Waals surface area contributed by atoms with Crippen molar-refractivity contribution in [3.63, 3.8) is 0 Å². The predicted octanol–water partition coefficient (Wildman–Crippen LogP) is 4.15. The molecule has 0 radical (unpaired) electrons. The minimum absolute atomic E-state index is 0. The molecule has 1 aliphatic carbocycles. The standard InChI is InChI=1S/C25H33ClN4O3.H2S/c1-3-12-33-25(32)29-10-11-30(16(2)15-29)24(31)18-5-6-19-22(14-18)28-21-7-4-17(8-9-27)13-20(21)23(19)26;/h5-6,14,16-17H,3-4,7-13,15,27H2,1-2H3;1H2/t16-,17?;/m0./s1. The molecule has 4 rings (SSSR count). The van der Waals surface area contributed by atoms with E-state index in [1.165, 1.54) is 0 Å². The Balaban J connectivity index is 0.00000324. The van der Waals surface area contributed by atoms with Crippen molar-refractivity contribution in [1.82, 2.24) is 14.8 Å². The van der Waals surface area contributed by atoms with E-state index in [1.54, 1.807) is 4.90 Å². The number of rotatable bonds is 5. The minimum atomic E-state index is -0.307. The number of pyridine rings is 1. The van der Waals surface area contributed by atoms with Crippen LogP contribution in [-0.2, 0) is 17.6 Å². The first-order chi connectivity index (χ1) is 15.9. The van der Waals surface area contributed by atoms with Gasteiger partial charge in [-0.25, -0.2) is 4.79 Å². The van der Waals surface area contributed by atoms with Crippen LogP contribution < -0.4 is 5.73 Å². The highest BCUT2D eigenvalue weighted by atomic mass is 35.5. The fraction of sp³-hybridized carbons (Fsp3) is 0.560. The van der Waals surface area contributed by atoms with Gasteiger partial charge in [0.1, 0.15) is 0 Å². The fourth-order valence-corrected chi connectivity index (χ4v) is 5.29. The number of hydrogen-bond acceptors (Lipinski definition) is 5. The molecule has 1 fully saturated rings. The van der Waals surface area contributed by atoms with Crippen molar-refractivity contribution < 1.29 is 14.3 Å². The highest BCUT2D eigenvalue weighted by Gasteiger charge is 2.31. The highest BCUT2D eigenvalue weighted by molar-refractivity contribution is 7.59.